The molecule has 2 N–H and O–H groups in total. The number of aromatic hydroxyl groups is 1. The van der Waals surface area contributed by atoms with Gasteiger partial charge >= 0.3 is 0 Å². The summed E-state index contributed by atoms with van der Waals surface area (Å²) in [7, 11) is 0. The van der Waals surface area contributed by atoms with Gasteiger partial charge < -0.3 is 10.2 Å². The largest absolute Gasteiger partial charge is 0.506 e. The minimum Gasteiger partial charge on any atom is -0.506 e. The fourth-order valence-corrected chi connectivity index (χ4v) is 1.96. The first-order valence-electron chi connectivity index (χ1n) is 4.59. The maximum absolute atomic E-state index is 9.74. The third-order valence-electron chi connectivity index (χ3n) is 1.87. The molecule has 0 saturated carbocycles. The number of phenols is 1. The van der Waals surface area contributed by atoms with E-state index in [1.807, 2.05) is 0 Å². The Balaban J connectivity index is 0.00000289. The van der Waals surface area contributed by atoms with E-state index in [9.17, 15) is 5.11 Å². The first-order chi connectivity index (χ1) is 7.86. The molecule has 1 rings (SSSR count). The Morgan fingerprint density at radius 2 is 1.61 bits per heavy atom. The molecule has 18 heavy (non-hydrogen) atoms. The number of hydrogen-bond acceptors (Lipinski definition) is 3. The van der Waals surface area contributed by atoms with Crippen LogP contribution >= 0.6 is 46.4 Å². The van der Waals surface area contributed by atoms with Gasteiger partial charge in [-0.15, -0.1) is 0 Å². The molecule has 98 valence electrons. The molecule has 0 aliphatic rings. The summed E-state index contributed by atoms with van der Waals surface area (Å²) >= 11 is 23.3. The van der Waals surface area contributed by atoms with E-state index < -0.39 is 6.10 Å². The van der Waals surface area contributed by atoms with Crippen LogP contribution in [0.3, 0.4) is 0 Å². The van der Waals surface area contributed by atoms with Crippen molar-refractivity contribution in [2.24, 2.45) is 4.99 Å². The van der Waals surface area contributed by atoms with E-state index in [0.717, 1.165) is 0 Å². The maximum Gasteiger partial charge on any atom is 0.146 e. The quantitative estimate of drug-likeness (QED) is 0.331. The van der Waals surface area contributed by atoms with Crippen LogP contribution in [0.5, 0.6) is 5.75 Å². The third-order valence-corrected chi connectivity index (χ3v) is 3.67. The molecule has 3 nitrogen and oxygen atoms in total. The molecule has 0 heterocycles. The Morgan fingerprint density at radius 3 is 2.11 bits per heavy atom. The molecule has 0 aliphatic heterocycles. The molecule has 0 saturated heterocycles. The molecule has 1 aromatic carbocycles. The number of rotatable bonds is 3. The first-order valence-corrected chi connectivity index (χ1v) is 6.10. The molecule has 0 spiro atoms. The zero-order chi connectivity index (χ0) is 13.2. The van der Waals surface area contributed by atoms with Gasteiger partial charge in [0, 0.05) is 30.1 Å². The molecule has 1 aromatic rings. The summed E-state index contributed by atoms with van der Waals surface area (Å²) in [4.78, 5) is 3.89. The fraction of sp³-hybridized carbons (Fsp3) is 0.300. The topological polar surface area (TPSA) is 52.8 Å². The van der Waals surface area contributed by atoms with Crippen LogP contribution in [0.4, 0.5) is 0 Å². The standard InChI is InChI=1S/C10H9Cl4NO2.Sn/c1-4(16)2-15-3-5-6(11)7(12)8(13)9(14)10(5)17;/h3-4,16-17H,2H2,1H3;. The Hall–Kier alpha value is 0.609. The number of hydrogen-bond donors (Lipinski definition) is 2. The van der Waals surface area contributed by atoms with Crippen molar-refractivity contribution in [3.05, 3.63) is 25.7 Å². The van der Waals surface area contributed by atoms with Gasteiger partial charge in [-0.25, -0.2) is 0 Å². The minimum absolute atomic E-state index is 0. The van der Waals surface area contributed by atoms with Crippen molar-refractivity contribution in [3.63, 3.8) is 0 Å². The molecule has 4 radical (unpaired) electrons. The molecule has 1 atom stereocenters. The average molecular weight is 436 g/mol. The van der Waals surface area contributed by atoms with Crippen molar-refractivity contribution in [2.45, 2.75) is 13.0 Å². The summed E-state index contributed by atoms with van der Waals surface area (Å²) in [6, 6.07) is 0. The second kappa shape index (κ2) is 8.02. The Morgan fingerprint density at radius 1 is 1.11 bits per heavy atom. The van der Waals surface area contributed by atoms with Gasteiger partial charge in [0.15, 0.2) is 0 Å². The number of nitrogens with zero attached hydrogens (tertiary/aromatic N) is 1. The van der Waals surface area contributed by atoms with Crippen molar-refractivity contribution >= 4 is 76.5 Å². The first kappa shape index (κ1) is 18.6. The van der Waals surface area contributed by atoms with E-state index in [4.69, 9.17) is 51.5 Å². The van der Waals surface area contributed by atoms with E-state index in [0.29, 0.717) is 0 Å². The predicted octanol–water partition coefficient (Wildman–Crippen LogP) is 3.42. The SMILES string of the molecule is CC(O)CN=Cc1c(O)c(Cl)c(Cl)c(Cl)c1Cl.[Sn]. The van der Waals surface area contributed by atoms with Crippen molar-refractivity contribution < 1.29 is 10.2 Å². The van der Waals surface area contributed by atoms with Crippen LogP contribution in [0.15, 0.2) is 4.99 Å². The number of aliphatic imine (C=N–C) groups is 1. The number of aliphatic hydroxyl groups excluding tert-OH is 1. The Labute approximate surface area is 142 Å². The smallest absolute Gasteiger partial charge is 0.146 e. The van der Waals surface area contributed by atoms with Crippen molar-refractivity contribution in [2.75, 3.05) is 6.54 Å². The van der Waals surface area contributed by atoms with Crippen LogP contribution in [0.2, 0.25) is 20.1 Å². The predicted molar refractivity (Wildman–Crippen MR) is 78.0 cm³/mol. The summed E-state index contributed by atoms with van der Waals surface area (Å²) in [6.45, 7) is 1.76. The average Bonchev–Trinajstić information content (AvgIpc) is 2.28. The van der Waals surface area contributed by atoms with Crippen LogP contribution in [0.25, 0.3) is 0 Å². The van der Waals surface area contributed by atoms with Crippen LogP contribution in [0, 0.1) is 0 Å². The van der Waals surface area contributed by atoms with Gasteiger partial charge in [0.2, 0.25) is 0 Å². The minimum atomic E-state index is -0.592. The zero-order valence-corrected chi connectivity index (χ0v) is 15.1. The van der Waals surface area contributed by atoms with Gasteiger partial charge in [-0.05, 0) is 6.92 Å². The van der Waals surface area contributed by atoms with Gasteiger partial charge in [-0.1, -0.05) is 46.4 Å². The summed E-state index contributed by atoms with van der Waals surface area (Å²) in [6.07, 6.45) is 0.698. The van der Waals surface area contributed by atoms with Gasteiger partial charge in [-0.3, -0.25) is 4.99 Å². The summed E-state index contributed by atoms with van der Waals surface area (Å²) in [5, 5.41) is 18.8. The summed E-state index contributed by atoms with van der Waals surface area (Å²) in [5.41, 5.74) is 0.173. The second-order valence-electron chi connectivity index (χ2n) is 3.36. The summed E-state index contributed by atoms with van der Waals surface area (Å²) < 4.78 is 0. The number of halogens is 4. The van der Waals surface area contributed by atoms with Crippen LogP contribution < -0.4 is 0 Å². The summed E-state index contributed by atoms with van der Waals surface area (Å²) in [5.74, 6) is -0.291. The van der Waals surface area contributed by atoms with Gasteiger partial charge in [0.1, 0.15) is 10.8 Å². The maximum atomic E-state index is 9.74. The molecule has 0 aliphatic carbocycles. The fourth-order valence-electron chi connectivity index (χ4n) is 1.05. The second-order valence-corrected chi connectivity index (χ2v) is 4.87. The Kier molecular flexibility index (Phi) is 8.29. The normalized spacial score (nSPS) is 12.6. The van der Waals surface area contributed by atoms with Crippen LogP contribution in [-0.2, 0) is 0 Å². The van der Waals surface area contributed by atoms with E-state index in [-0.39, 0.29) is 61.9 Å². The molecule has 0 aromatic heterocycles. The Bertz CT molecular complexity index is 437. The third kappa shape index (κ3) is 4.32. The van der Waals surface area contributed by atoms with Gasteiger partial charge in [-0.2, -0.15) is 0 Å². The number of benzene rings is 1. The zero-order valence-electron chi connectivity index (χ0n) is 9.22. The van der Waals surface area contributed by atoms with Gasteiger partial charge in [0.25, 0.3) is 0 Å². The molecule has 0 bridgehead atoms. The van der Waals surface area contributed by atoms with Crippen molar-refractivity contribution in [1.82, 2.24) is 0 Å². The van der Waals surface area contributed by atoms with Crippen LogP contribution in [-0.4, -0.2) is 53.0 Å². The monoisotopic (exact) mass is 435 g/mol. The molecular formula is C10H9Cl4NO2Sn. The number of phenolic OH excluding ortho intramolecular Hbond substituents is 1. The molecule has 0 amide bonds. The van der Waals surface area contributed by atoms with Gasteiger partial charge in [0.05, 0.1) is 33.3 Å². The molecule has 0 fully saturated rings. The van der Waals surface area contributed by atoms with E-state index in [2.05, 4.69) is 4.99 Å². The van der Waals surface area contributed by atoms with E-state index in [1.54, 1.807) is 6.92 Å². The van der Waals surface area contributed by atoms with Crippen molar-refractivity contribution in [1.29, 1.82) is 0 Å². The molecule has 8 heteroatoms. The van der Waals surface area contributed by atoms with E-state index in [1.165, 1.54) is 6.21 Å². The van der Waals surface area contributed by atoms with E-state index >= 15 is 0 Å². The molecule has 1 unspecified atom stereocenters. The molecular weight excluding hydrogens is 427 g/mol. The van der Waals surface area contributed by atoms with Crippen LogP contribution in [0.1, 0.15) is 12.5 Å². The van der Waals surface area contributed by atoms with Crippen molar-refractivity contribution in [3.8, 4) is 5.75 Å². The number of aliphatic hydroxyl groups is 1.